The van der Waals surface area contributed by atoms with Gasteiger partial charge in [-0.05, 0) is 36.9 Å². The van der Waals surface area contributed by atoms with Crippen molar-refractivity contribution in [1.82, 2.24) is 10.2 Å². The van der Waals surface area contributed by atoms with E-state index in [0.29, 0.717) is 29.1 Å². The third kappa shape index (κ3) is 3.95. The van der Waals surface area contributed by atoms with E-state index in [2.05, 4.69) is 35.8 Å². The van der Waals surface area contributed by atoms with Crippen molar-refractivity contribution in [2.45, 2.75) is 75.7 Å². The number of nitrogens with zero attached hydrogens (tertiary/aromatic N) is 1. The van der Waals surface area contributed by atoms with Gasteiger partial charge in [0, 0.05) is 50.2 Å². The molecule has 0 unspecified atom stereocenters. The van der Waals surface area contributed by atoms with Crippen LogP contribution in [0.1, 0.15) is 58.8 Å². The molecule has 2 bridgehead atoms. The number of hydrogen-bond acceptors (Lipinski definition) is 4. The minimum absolute atomic E-state index is 0.105. The molecule has 1 N–H and O–H groups in total. The number of rotatable bonds is 8. The summed E-state index contributed by atoms with van der Waals surface area (Å²) in [6.45, 7) is 8.83. The van der Waals surface area contributed by atoms with Crippen molar-refractivity contribution < 1.29 is 9.53 Å². The van der Waals surface area contributed by atoms with Gasteiger partial charge in [0.2, 0.25) is 5.91 Å². The number of fused-ring (bicyclic) bond motifs is 1. The Labute approximate surface area is 163 Å². The maximum absolute atomic E-state index is 12.4. The van der Waals surface area contributed by atoms with E-state index in [1.807, 2.05) is 0 Å². The molecule has 0 radical (unpaired) electrons. The fraction of sp³-hybridized carbons (Fsp3) is 0.952. The number of nitrogens with one attached hydrogen (secondary N) is 1. The van der Waals surface area contributed by atoms with Crippen molar-refractivity contribution in [2.75, 3.05) is 31.9 Å². The van der Waals surface area contributed by atoms with Crippen molar-refractivity contribution in [2.24, 2.45) is 17.8 Å². The fourth-order valence-electron chi connectivity index (χ4n) is 5.93. The predicted molar refractivity (Wildman–Crippen MR) is 107 cm³/mol. The molecule has 4 fully saturated rings. The predicted octanol–water partition coefficient (Wildman–Crippen LogP) is 3.30. The van der Waals surface area contributed by atoms with Crippen LogP contribution in [0.15, 0.2) is 0 Å². The Morgan fingerprint density at radius 2 is 2.12 bits per heavy atom. The summed E-state index contributed by atoms with van der Waals surface area (Å²) in [6.07, 6.45) is 8.66. The van der Waals surface area contributed by atoms with Crippen LogP contribution in [0.4, 0.5) is 0 Å². The average molecular weight is 381 g/mol. The minimum atomic E-state index is 0.105. The average Bonchev–Trinajstić information content (AvgIpc) is 3.33. The Morgan fingerprint density at radius 1 is 1.31 bits per heavy atom. The van der Waals surface area contributed by atoms with Crippen LogP contribution < -0.4 is 5.32 Å². The number of thioether (sulfide) groups is 1. The quantitative estimate of drug-likeness (QED) is 0.701. The first kappa shape index (κ1) is 19.1. The lowest BCUT2D eigenvalue weighted by atomic mass is 9.73. The van der Waals surface area contributed by atoms with Crippen LogP contribution in [0.25, 0.3) is 0 Å². The van der Waals surface area contributed by atoms with E-state index in [4.69, 9.17) is 4.74 Å². The van der Waals surface area contributed by atoms with E-state index in [1.54, 1.807) is 0 Å². The van der Waals surface area contributed by atoms with Gasteiger partial charge in [0.05, 0.1) is 11.7 Å². The highest BCUT2D eigenvalue weighted by Gasteiger charge is 2.62. The Kier molecular flexibility index (Phi) is 5.87. The molecule has 0 aromatic heterocycles. The van der Waals surface area contributed by atoms with Crippen molar-refractivity contribution in [3.8, 4) is 0 Å². The van der Waals surface area contributed by atoms with Gasteiger partial charge < -0.3 is 10.1 Å². The molecule has 3 aliphatic heterocycles. The van der Waals surface area contributed by atoms with Crippen molar-refractivity contribution in [3.05, 3.63) is 0 Å². The third-order valence-corrected chi connectivity index (χ3v) is 8.28. The second kappa shape index (κ2) is 8.00. The van der Waals surface area contributed by atoms with Crippen LogP contribution in [0.3, 0.4) is 0 Å². The molecule has 26 heavy (non-hydrogen) atoms. The Balaban J connectivity index is 1.27. The number of carbonyl (C=O) groups excluding carboxylic acids is 1. The Hall–Kier alpha value is -0.260. The summed E-state index contributed by atoms with van der Waals surface area (Å²) in [5.74, 6) is 3.28. The molecule has 1 amide bonds. The highest BCUT2D eigenvalue weighted by Crippen LogP contribution is 2.54. The first-order valence-corrected chi connectivity index (χ1v) is 11.9. The monoisotopic (exact) mass is 380 g/mol. The van der Waals surface area contributed by atoms with Crippen molar-refractivity contribution >= 4 is 17.7 Å². The lowest BCUT2D eigenvalue weighted by Gasteiger charge is -2.29. The summed E-state index contributed by atoms with van der Waals surface area (Å²) in [5.41, 5.74) is 0.105. The molecule has 3 saturated heterocycles. The number of likely N-dealkylation sites (tertiary alicyclic amines) is 1. The zero-order valence-corrected chi connectivity index (χ0v) is 17.4. The van der Waals surface area contributed by atoms with E-state index in [9.17, 15) is 4.79 Å². The largest absolute Gasteiger partial charge is 0.370 e. The van der Waals surface area contributed by atoms with Crippen LogP contribution in [0.2, 0.25) is 0 Å². The van der Waals surface area contributed by atoms with Gasteiger partial charge >= 0.3 is 0 Å². The standard InChI is InChI=1S/C21H36N2O2S/c1-15(2)26-10-9-23-13-18-17(19-7-8-21(18,14-23)25-19)12-22-20(24)11-16-5-3-4-6-16/h15-19H,3-14H2,1-2H3,(H,22,24)/t17-,18+,19+,21+/m0/s1. The lowest BCUT2D eigenvalue weighted by Crippen LogP contribution is -2.42. The van der Waals surface area contributed by atoms with E-state index < -0.39 is 0 Å². The number of ether oxygens (including phenoxy) is 1. The molecular formula is C21H36N2O2S. The van der Waals surface area contributed by atoms with Crippen LogP contribution in [0.5, 0.6) is 0 Å². The molecule has 1 spiro atoms. The summed E-state index contributed by atoms with van der Waals surface area (Å²) in [4.78, 5) is 15.0. The van der Waals surface area contributed by atoms with Crippen molar-refractivity contribution in [1.29, 1.82) is 0 Å². The first-order chi connectivity index (χ1) is 12.6. The van der Waals surface area contributed by atoms with Gasteiger partial charge in [-0.25, -0.2) is 0 Å². The summed E-state index contributed by atoms with van der Waals surface area (Å²) < 4.78 is 6.52. The SMILES string of the molecule is CC(C)SCCN1C[C@@H]2[C@H](CNC(=O)CC3CCCC3)[C@H]3CC[C@]2(C1)O3. The Morgan fingerprint density at radius 3 is 2.88 bits per heavy atom. The van der Waals surface area contributed by atoms with Crippen LogP contribution in [-0.2, 0) is 9.53 Å². The highest BCUT2D eigenvalue weighted by molar-refractivity contribution is 7.99. The first-order valence-electron chi connectivity index (χ1n) is 10.8. The molecule has 4 nitrogen and oxygen atoms in total. The van der Waals surface area contributed by atoms with E-state index in [0.717, 1.165) is 26.1 Å². The highest BCUT2D eigenvalue weighted by atomic mass is 32.2. The minimum Gasteiger partial charge on any atom is -0.370 e. The summed E-state index contributed by atoms with van der Waals surface area (Å²) in [5, 5.41) is 3.99. The van der Waals surface area contributed by atoms with Gasteiger partial charge in [0.1, 0.15) is 0 Å². The summed E-state index contributed by atoms with van der Waals surface area (Å²) in [6, 6.07) is 0. The smallest absolute Gasteiger partial charge is 0.220 e. The van der Waals surface area contributed by atoms with Gasteiger partial charge in [0.25, 0.3) is 0 Å². The number of hydrogen-bond donors (Lipinski definition) is 1. The van der Waals surface area contributed by atoms with Gasteiger partial charge in [-0.1, -0.05) is 26.7 Å². The maximum Gasteiger partial charge on any atom is 0.220 e. The summed E-state index contributed by atoms with van der Waals surface area (Å²) in [7, 11) is 0. The number of carbonyl (C=O) groups is 1. The van der Waals surface area contributed by atoms with Gasteiger partial charge in [-0.2, -0.15) is 11.8 Å². The zero-order chi connectivity index (χ0) is 18.1. The maximum atomic E-state index is 12.4. The Bertz CT molecular complexity index is 508. The second-order valence-corrected chi connectivity index (χ2v) is 11.0. The van der Waals surface area contributed by atoms with Gasteiger partial charge in [0.15, 0.2) is 0 Å². The van der Waals surface area contributed by atoms with E-state index in [-0.39, 0.29) is 11.5 Å². The molecule has 0 aromatic rings. The third-order valence-electron chi connectivity index (χ3n) is 7.20. The summed E-state index contributed by atoms with van der Waals surface area (Å²) >= 11 is 2.05. The zero-order valence-electron chi connectivity index (χ0n) is 16.5. The molecule has 1 saturated carbocycles. The molecule has 1 aliphatic carbocycles. The van der Waals surface area contributed by atoms with E-state index in [1.165, 1.54) is 50.8 Å². The topological polar surface area (TPSA) is 41.6 Å². The van der Waals surface area contributed by atoms with Gasteiger partial charge in [-0.3, -0.25) is 9.69 Å². The fourth-order valence-corrected chi connectivity index (χ4v) is 6.76. The molecule has 148 valence electrons. The molecule has 4 rings (SSSR count). The molecule has 3 heterocycles. The van der Waals surface area contributed by atoms with Gasteiger partial charge in [-0.15, -0.1) is 0 Å². The van der Waals surface area contributed by atoms with Crippen LogP contribution in [-0.4, -0.2) is 59.7 Å². The van der Waals surface area contributed by atoms with Crippen LogP contribution in [0, 0.1) is 17.8 Å². The molecular weight excluding hydrogens is 344 g/mol. The second-order valence-electron chi connectivity index (χ2n) is 9.34. The van der Waals surface area contributed by atoms with Crippen molar-refractivity contribution in [3.63, 3.8) is 0 Å². The molecule has 4 aliphatic rings. The molecule has 0 aromatic carbocycles. The van der Waals surface area contributed by atoms with E-state index >= 15 is 0 Å². The molecule has 4 atom stereocenters. The van der Waals surface area contributed by atoms with Crippen LogP contribution >= 0.6 is 11.8 Å². The lowest BCUT2D eigenvalue weighted by molar-refractivity contribution is -0.122. The molecule has 5 heteroatoms. The number of amides is 1. The normalized spacial score (nSPS) is 37.0.